The first-order valence-electron chi connectivity index (χ1n) is 5.82. The van der Waals surface area contributed by atoms with Crippen LogP contribution in [0.4, 0.5) is 0 Å². The molecule has 0 aliphatic carbocycles. The average Bonchev–Trinajstić information content (AvgIpc) is 2.21. The van der Waals surface area contributed by atoms with Gasteiger partial charge in [-0.25, -0.2) is 0 Å². The summed E-state index contributed by atoms with van der Waals surface area (Å²) in [6.07, 6.45) is 4.14. The number of nitrogens with one attached hydrogen (secondary N) is 1. The van der Waals surface area contributed by atoms with Crippen LogP contribution in [0.1, 0.15) is 32.6 Å². The van der Waals surface area contributed by atoms with Gasteiger partial charge in [0, 0.05) is 6.04 Å². The summed E-state index contributed by atoms with van der Waals surface area (Å²) in [6, 6.07) is 0.676. The lowest BCUT2D eigenvalue weighted by Crippen LogP contribution is -2.41. The Morgan fingerprint density at radius 1 is 1.43 bits per heavy atom. The largest absolute Gasteiger partial charge is 0.393 e. The molecule has 1 aliphatic rings. The van der Waals surface area contributed by atoms with Gasteiger partial charge in [0.2, 0.25) is 0 Å². The lowest BCUT2D eigenvalue weighted by molar-refractivity contribution is 0.155. The summed E-state index contributed by atoms with van der Waals surface area (Å²) in [6.45, 7) is 5.39. The smallest absolute Gasteiger partial charge is 0.0549 e. The molecule has 1 saturated heterocycles. The van der Waals surface area contributed by atoms with Gasteiger partial charge in [0.05, 0.1) is 6.10 Å². The number of piperidine rings is 1. The average molecular weight is 200 g/mol. The SMILES string of the molecule is CCC(O)CCNC1CCN(C)CC1. The Bertz CT molecular complexity index is 144. The van der Waals surface area contributed by atoms with Crippen LogP contribution in [0.25, 0.3) is 0 Å². The highest BCUT2D eigenvalue weighted by Crippen LogP contribution is 2.08. The third-order valence-corrected chi connectivity index (χ3v) is 3.10. The van der Waals surface area contributed by atoms with Crippen molar-refractivity contribution in [3.63, 3.8) is 0 Å². The molecule has 0 aromatic heterocycles. The minimum absolute atomic E-state index is 0.117. The number of aliphatic hydroxyl groups is 1. The van der Waals surface area contributed by atoms with E-state index in [0.717, 1.165) is 19.4 Å². The summed E-state index contributed by atoms with van der Waals surface area (Å²) in [5.74, 6) is 0. The van der Waals surface area contributed by atoms with Crippen molar-refractivity contribution in [3.8, 4) is 0 Å². The zero-order valence-corrected chi connectivity index (χ0v) is 9.50. The number of hydrogen-bond donors (Lipinski definition) is 2. The molecule has 3 heteroatoms. The van der Waals surface area contributed by atoms with Crippen molar-refractivity contribution in [3.05, 3.63) is 0 Å². The molecule has 2 N–H and O–H groups in total. The number of nitrogens with zero attached hydrogens (tertiary/aromatic N) is 1. The third-order valence-electron chi connectivity index (χ3n) is 3.10. The van der Waals surface area contributed by atoms with Crippen LogP contribution in [0.3, 0.4) is 0 Å². The summed E-state index contributed by atoms with van der Waals surface area (Å²) >= 11 is 0. The number of aliphatic hydroxyl groups excluding tert-OH is 1. The van der Waals surface area contributed by atoms with Gasteiger partial charge in [-0.2, -0.15) is 0 Å². The van der Waals surface area contributed by atoms with Crippen LogP contribution in [0.15, 0.2) is 0 Å². The highest BCUT2D eigenvalue weighted by molar-refractivity contribution is 4.75. The topological polar surface area (TPSA) is 35.5 Å². The van der Waals surface area contributed by atoms with Gasteiger partial charge in [-0.15, -0.1) is 0 Å². The van der Waals surface area contributed by atoms with Gasteiger partial charge in [-0.1, -0.05) is 6.92 Å². The standard InChI is InChI=1S/C11H24N2O/c1-3-11(14)4-7-12-10-5-8-13(2)9-6-10/h10-12,14H,3-9H2,1-2H3. The van der Waals surface area contributed by atoms with Crippen molar-refractivity contribution in [1.29, 1.82) is 0 Å². The first-order chi connectivity index (χ1) is 6.72. The number of hydrogen-bond acceptors (Lipinski definition) is 3. The van der Waals surface area contributed by atoms with Gasteiger partial charge in [-0.3, -0.25) is 0 Å². The monoisotopic (exact) mass is 200 g/mol. The van der Waals surface area contributed by atoms with Crippen molar-refractivity contribution in [2.45, 2.75) is 44.8 Å². The van der Waals surface area contributed by atoms with Gasteiger partial charge < -0.3 is 15.3 Å². The highest BCUT2D eigenvalue weighted by Gasteiger charge is 2.15. The Morgan fingerprint density at radius 3 is 2.64 bits per heavy atom. The minimum Gasteiger partial charge on any atom is -0.393 e. The van der Waals surface area contributed by atoms with E-state index < -0.39 is 0 Å². The molecule has 0 amide bonds. The molecular weight excluding hydrogens is 176 g/mol. The second kappa shape index (κ2) is 6.38. The van der Waals surface area contributed by atoms with E-state index in [4.69, 9.17) is 0 Å². The van der Waals surface area contributed by atoms with E-state index in [1.807, 2.05) is 6.92 Å². The summed E-state index contributed by atoms with van der Waals surface area (Å²) in [5.41, 5.74) is 0. The van der Waals surface area contributed by atoms with Gasteiger partial charge in [0.25, 0.3) is 0 Å². The van der Waals surface area contributed by atoms with E-state index in [0.29, 0.717) is 6.04 Å². The maximum atomic E-state index is 9.38. The molecule has 84 valence electrons. The van der Waals surface area contributed by atoms with Crippen molar-refractivity contribution in [2.24, 2.45) is 0 Å². The first-order valence-corrected chi connectivity index (χ1v) is 5.82. The van der Waals surface area contributed by atoms with E-state index >= 15 is 0 Å². The van der Waals surface area contributed by atoms with Crippen LogP contribution >= 0.6 is 0 Å². The van der Waals surface area contributed by atoms with E-state index in [2.05, 4.69) is 17.3 Å². The Hall–Kier alpha value is -0.120. The minimum atomic E-state index is -0.117. The zero-order chi connectivity index (χ0) is 10.4. The van der Waals surface area contributed by atoms with Crippen LogP contribution in [0.5, 0.6) is 0 Å². The molecule has 1 atom stereocenters. The van der Waals surface area contributed by atoms with Gasteiger partial charge in [-0.05, 0) is 52.4 Å². The Balaban J connectivity index is 2.02. The second-order valence-corrected chi connectivity index (χ2v) is 4.38. The van der Waals surface area contributed by atoms with Crippen molar-refractivity contribution in [2.75, 3.05) is 26.7 Å². The van der Waals surface area contributed by atoms with Crippen LogP contribution < -0.4 is 5.32 Å². The Morgan fingerprint density at radius 2 is 2.07 bits per heavy atom. The van der Waals surface area contributed by atoms with Crippen molar-refractivity contribution >= 4 is 0 Å². The predicted molar refractivity (Wildman–Crippen MR) is 59.4 cm³/mol. The van der Waals surface area contributed by atoms with Gasteiger partial charge in [0.15, 0.2) is 0 Å². The quantitative estimate of drug-likeness (QED) is 0.690. The lowest BCUT2D eigenvalue weighted by Gasteiger charge is -2.29. The molecule has 1 heterocycles. The third kappa shape index (κ3) is 4.40. The Kier molecular flexibility index (Phi) is 5.45. The summed E-state index contributed by atoms with van der Waals surface area (Å²) in [7, 11) is 2.18. The maximum Gasteiger partial charge on any atom is 0.0549 e. The summed E-state index contributed by atoms with van der Waals surface area (Å²) in [4.78, 5) is 2.37. The van der Waals surface area contributed by atoms with Crippen LogP contribution in [0.2, 0.25) is 0 Å². The fourth-order valence-corrected chi connectivity index (χ4v) is 1.87. The molecule has 14 heavy (non-hydrogen) atoms. The van der Waals surface area contributed by atoms with E-state index in [1.165, 1.54) is 25.9 Å². The fourth-order valence-electron chi connectivity index (χ4n) is 1.87. The van der Waals surface area contributed by atoms with Crippen molar-refractivity contribution < 1.29 is 5.11 Å². The molecule has 1 unspecified atom stereocenters. The second-order valence-electron chi connectivity index (χ2n) is 4.38. The normalized spacial score (nSPS) is 22.5. The molecule has 0 radical (unpaired) electrons. The zero-order valence-electron chi connectivity index (χ0n) is 9.50. The molecule has 0 bridgehead atoms. The van der Waals surface area contributed by atoms with Crippen LogP contribution in [-0.2, 0) is 0 Å². The van der Waals surface area contributed by atoms with Gasteiger partial charge in [0.1, 0.15) is 0 Å². The number of rotatable bonds is 5. The molecule has 1 fully saturated rings. The van der Waals surface area contributed by atoms with Gasteiger partial charge >= 0.3 is 0 Å². The molecule has 0 spiro atoms. The van der Waals surface area contributed by atoms with Crippen LogP contribution in [0, 0.1) is 0 Å². The van der Waals surface area contributed by atoms with E-state index in [9.17, 15) is 5.11 Å². The Labute approximate surface area is 87.5 Å². The molecule has 1 rings (SSSR count). The molecule has 0 aromatic carbocycles. The highest BCUT2D eigenvalue weighted by atomic mass is 16.3. The lowest BCUT2D eigenvalue weighted by atomic mass is 10.1. The molecule has 0 aromatic rings. The van der Waals surface area contributed by atoms with E-state index in [1.54, 1.807) is 0 Å². The summed E-state index contributed by atoms with van der Waals surface area (Å²) in [5, 5.41) is 12.9. The molecule has 1 aliphatic heterocycles. The first kappa shape index (κ1) is 12.0. The molecular formula is C11H24N2O. The summed E-state index contributed by atoms with van der Waals surface area (Å²) < 4.78 is 0. The molecule has 3 nitrogen and oxygen atoms in total. The predicted octanol–water partition coefficient (Wildman–Crippen LogP) is 0.831. The van der Waals surface area contributed by atoms with Crippen molar-refractivity contribution in [1.82, 2.24) is 10.2 Å². The van der Waals surface area contributed by atoms with Crippen LogP contribution in [-0.4, -0.2) is 48.8 Å². The number of likely N-dealkylation sites (tertiary alicyclic amines) is 1. The maximum absolute atomic E-state index is 9.38. The fraction of sp³-hybridized carbons (Fsp3) is 1.00. The molecule has 0 saturated carbocycles. The van der Waals surface area contributed by atoms with E-state index in [-0.39, 0.29) is 6.10 Å².